The zero-order valence-electron chi connectivity index (χ0n) is 11.3. The summed E-state index contributed by atoms with van der Waals surface area (Å²) in [5, 5.41) is 2.93. The SMILES string of the molecule is CN(CC(=O)NCc1ccccc1)Cc1ccc(Br)s1. The van der Waals surface area contributed by atoms with Crippen molar-refractivity contribution in [3.8, 4) is 0 Å². The lowest BCUT2D eigenvalue weighted by molar-refractivity contribution is -0.122. The highest BCUT2D eigenvalue weighted by Crippen LogP contribution is 2.22. The number of carbonyl (C=O) groups is 1. The molecule has 0 aliphatic heterocycles. The van der Waals surface area contributed by atoms with Gasteiger partial charge in [0, 0.05) is 18.0 Å². The van der Waals surface area contributed by atoms with E-state index in [9.17, 15) is 4.79 Å². The average molecular weight is 353 g/mol. The number of hydrogen-bond donors (Lipinski definition) is 1. The van der Waals surface area contributed by atoms with E-state index in [1.165, 1.54) is 4.88 Å². The topological polar surface area (TPSA) is 32.3 Å². The maximum absolute atomic E-state index is 11.9. The van der Waals surface area contributed by atoms with Crippen molar-refractivity contribution < 1.29 is 4.79 Å². The van der Waals surface area contributed by atoms with Crippen LogP contribution in [-0.2, 0) is 17.9 Å². The first-order valence-corrected chi connectivity index (χ1v) is 7.98. The van der Waals surface area contributed by atoms with E-state index in [-0.39, 0.29) is 5.91 Å². The Kier molecular flexibility index (Phi) is 5.76. The fourth-order valence-corrected chi connectivity index (χ4v) is 3.42. The number of likely N-dealkylation sites (N-methyl/N-ethyl adjacent to an activating group) is 1. The Morgan fingerprint density at radius 1 is 1.25 bits per heavy atom. The highest BCUT2D eigenvalue weighted by Gasteiger charge is 2.08. The Labute approximate surface area is 131 Å². The third-order valence-corrected chi connectivity index (χ3v) is 4.41. The zero-order valence-corrected chi connectivity index (χ0v) is 13.7. The first-order valence-electron chi connectivity index (χ1n) is 6.37. The summed E-state index contributed by atoms with van der Waals surface area (Å²) in [6.07, 6.45) is 0. The Bertz CT molecular complexity index is 556. The number of carbonyl (C=O) groups excluding carboxylic acids is 1. The van der Waals surface area contributed by atoms with Gasteiger partial charge in [0.25, 0.3) is 0 Å². The van der Waals surface area contributed by atoms with Gasteiger partial charge in [-0.15, -0.1) is 11.3 Å². The van der Waals surface area contributed by atoms with Crippen molar-refractivity contribution in [3.63, 3.8) is 0 Å². The summed E-state index contributed by atoms with van der Waals surface area (Å²) in [4.78, 5) is 15.1. The molecule has 0 aliphatic rings. The molecular weight excluding hydrogens is 336 g/mol. The number of halogens is 1. The fraction of sp³-hybridized carbons (Fsp3) is 0.267. The van der Waals surface area contributed by atoms with E-state index in [4.69, 9.17) is 0 Å². The van der Waals surface area contributed by atoms with Crippen LogP contribution in [0.5, 0.6) is 0 Å². The van der Waals surface area contributed by atoms with Crippen LogP contribution in [0.25, 0.3) is 0 Å². The Balaban J connectivity index is 1.73. The normalized spacial score (nSPS) is 10.8. The molecule has 1 aromatic heterocycles. The summed E-state index contributed by atoms with van der Waals surface area (Å²) in [6.45, 7) is 1.77. The van der Waals surface area contributed by atoms with Crippen LogP contribution in [0.2, 0.25) is 0 Å². The molecule has 0 bridgehead atoms. The number of nitrogens with zero attached hydrogens (tertiary/aromatic N) is 1. The number of rotatable bonds is 6. The Morgan fingerprint density at radius 2 is 2.00 bits per heavy atom. The number of thiophene rings is 1. The predicted octanol–water partition coefficient (Wildman–Crippen LogP) is 3.26. The summed E-state index contributed by atoms with van der Waals surface area (Å²) in [5.74, 6) is 0.0481. The van der Waals surface area contributed by atoms with Gasteiger partial charge in [0.05, 0.1) is 10.3 Å². The molecule has 2 aromatic rings. The van der Waals surface area contributed by atoms with E-state index in [0.29, 0.717) is 13.1 Å². The van der Waals surface area contributed by atoms with Gasteiger partial charge in [-0.1, -0.05) is 30.3 Å². The van der Waals surface area contributed by atoms with Crippen molar-refractivity contribution in [2.24, 2.45) is 0 Å². The Morgan fingerprint density at radius 3 is 2.65 bits per heavy atom. The van der Waals surface area contributed by atoms with Crippen molar-refractivity contribution in [2.45, 2.75) is 13.1 Å². The van der Waals surface area contributed by atoms with Gasteiger partial charge in [0.15, 0.2) is 0 Å². The third kappa shape index (κ3) is 5.07. The molecule has 0 atom stereocenters. The molecule has 1 amide bonds. The lowest BCUT2D eigenvalue weighted by atomic mass is 10.2. The fourth-order valence-electron chi connectivity index (χ4n) is 1.86. The zero-order chi connectivity index (χ0) is 14.4. The minimum Gasteiger partial charge on any atom is -0.351 e. The van der Waals surface area contributed by atoms with Crippen molar-refractivity contribution in [2.75, 3.05) is 13.6 Å². The summed E-state index contributed by atoms with van der Waals surface area (Å²) in [5.41, 5.74) is 1.12. The van der Waals surface area contributed by atoms with E-state index in [2.05, 4.69) is 27.3 Å². The smallest absolute Gasteiger partial charge is 0.234 e. The second-order valence-electron chi connectivity index (χ2n) is 4.64. The number of nitrogens with one attached hydrogen (secondary N) is 1. The van der Waals surface area contributed by atoms with Gasteiger partial charge in [0.1, 0.15) is 0 Å². The highest BCUT2D eigenvalue weighted by molar-refractivity contribution is 9.11. The van der Waals surface area contributed by atoms with Gasteiger partial charge < -0.3 is 5.32 Å². The third-order valence-electron chi connectivity index (χ3n) is 2.80. The molecule has 0 spiro atoms. The highest BCUT2D eigenvalue weighted by atomic mass is 79.9. The van der Waals surface area contributed by atoms with Crippen molar-refractivity contribution in [1.29, 1.82) is 0 Å². The lowest BCUT2D eigenvalue weighted by Gasteiger charge is -2.15. The van der Waals surface area contributed by atoms with Crippen LogP contribution in [0.3, 0.4) is 0 Å². The van der Waals surface area contributed by atoms with Crippen LogP contribution in [-0.4, -0.2) is 24.4 Å². The Hall–Kier alpha value is -1.17. The molecule has 20 heavy (non-hydrogen) atoms. The minimum absolute atomic E-state index is 0.0481. The molecule has 2 rings (SSSR count). The standard InChI is InChI=1S/C15H17BrN2OS/c1-18(10-13-7-8-14(16)20-13)11-15(19)17-9-12-5-3-2-4-6-12/h2-8H,9-11H2,1H3,(H,17,19). The molecule has 0 unspecified atom stereocenters. The monoisotopic (exact) mass is 352 g/mol. The maximum atomic E-state index is 11.9. The van der Waals surface area contributed by atoms with Crippen LogP contribution < -0.4 is 5.32 Å². The second-order valence-corrected chi connectivity index (χ2v) is 7.19. The predicted molar refractivity (Wildman–Crippen MR) is 86.6 cm³/mol. The van der Waals surface area contributed by atoms with Crippen LogP contribution in [0, 0.1) is 0 Å². The van der Waals surface area contributed by atoms with Crippen molar-refractivity contribution >= 4 is 33.2 Å². The van der Waals surface area contributed by atoms with Crippen molar-refractivity contribution in [1.82, 2.24) is 10.2 Å². The molecular formula is C15H17BrN2OS. The van der Waals surface area contributed by atoms with Crippen LogP contribution in [0.1, 0.15) is 10.4 Å². The van der Waals surface area contributed by atoms with Gasteiger partial charge in [-0.25, -0.2) is 0 Å². The average Bonchev–Trinajstić information content (AvgIpc) is 2.83. The van der Waals surface area contributed by atoms with E-state index < -0.39 is 0 Å². The maximum Gasteiger partial charge on any atom is 0.234 e. The van der Waals surface area contributed by atoms with Gasteiger partial charge in [-0.2, -0.15) is 0 Å². The second kappa shape index (κ2) is 7.57. The molecule has 1 heterocycles. The molecule has 1 N–H and O–H groups in total. The molecule has 3 nitrogen and oxygen atoms in total. The van der Waals surface area contributed by atoms with Gasteiger partial charge in [-0.3, -0.25) is 9.69 Å². The quantitative estimate of drug-likeness (QED) is 0.865. The molecule has 0 aliphatic carbocycles. The minimum atomic E-state index is 0.0481. The van der Waals surface area contributed by atoms with Crippen LogP contribution in [0.4, 0.5) is 0 Å². The molecule has 0 fully saturated rings. The summed E-state index contributed by atoms with van der Waals surface area (Å²) < 4.78 is 1.12. The van der Waals surface area contributed by atoms with E-state index in [1.54, 1.807) is 11.3 Å². The largest absolute Gasteiger partial charge is 0.351 e. The number of amides is 1. The van der Waals surface area contributed by atoms with Crippen molar-refractivity contribution in [3.05, 3.63) is 56.7 Å². The molecule has 0 saturated carbocycles. The summed E-state index contributed by atoms with van der Waals surface area (Å²) in [6, 6.07) is 14.0. The summed E-state index contributed by atoms with van der Waals surface area (Å²) in [7, 11) is 1.95. The van der Waals surface area contributed by atoms with Crippen LogP contribution in [0.15, 0.2) is 46.3 Å². The molecule has 0 radical (unpaired) electrons. The van der Waals surface area contributed by atoms with Crippen LogP contribution >= 0.6 is 27.3 Å². The van der Waals surface area contributed by atoms with E-state index in [0.717, 1.165) is 15.9 Å². The van der Waals surface area contributed by atoms with Gasteiger partial charge in [0.2, 0.25) is 5.91 Å². The van der Waals surface area contributed by atoms with E-state index >= 15 is 0 Å². The molecule has 0 saturated heterocycles. The number of hydrogen-bond acceptors (Lipinski definition) is 3. The first kappa shape index (κ1) is 15.2. The first-order chi connectivity index (χ1) is 9.63. The van der Waals surface area contributed by atoms with Gasteiger partial charge in [-0.05, 0) is 40.7 Å². The molecule has 5 heteroatoms. The van der Waals surface area contributed by atoms with E-state index in [1.807, 2.05) is 48.3 Å². The van der Waals surface area contributed by atoms with Gasteiger partial charge >= 0.3 is 0 Å². The lowest BCUT2D eigenvalue weighted by Crippen LogP contribution is -2.34. The summed E-state index contributed by atoms with van der Waals surface area (Å²) >= 11 is 5.14. The molecule has 1 aromatic carbocycles. The number of benzene rings is 1. The molecule has 106 valence electrons.